The van der Waals surface area contributed by atoms with Crippen molar-refractivity contribution in [2.75, 3.05) is 6.54 Å². The summed E-state index contributed by atoms with van der Waals surface area (Å²) in [5.74, 6) is 0.726. The van der Waals surface area contributed by atoms with E-state index in [-0.39, 0.29) is 0 Å². The quantitative estimate of drug-likeness (QED) is 0.647. The van der Waals surface area contributed by atoms with Crippen LogP contribution in [-0.2, 0) is 0 Å². The molecule has 74 valence electrons. The zero-order valence-corrected chi connectivity index (χ0v) is 9.41. The second kappa shape index (κ2) is 5.58. The molecule has 12 heavy (non-hydrogen) atoms. The number of nitrogens with one attached hydrogen (secondary N) is 1. The van der Waals surface area contributed by atoms with E-state index in [2.05, 4.69) is 39.9 Å². The standard InChI is InChI=1S/C11H25N/c1-6-8-11(5,10(3)4)12-9-7-2/h10,12H,6-9H2,1-5H3. The van der Waals surface area contributed by atoms with Crippen LogP contribution >= 0.6 is 0 Å². The van der Waals surface area contributed by atoms with Gasteiger partial charge in [-0.1, -0.05) is 34.1 Å². The summed E-state index contributed by atoms with van der Waals surface area (Å²) in [5, 5.41) is 3.65. The molecule has 1 nitrogen and oxygen atoms in total. The van der Waals surface area contributed by atoms with Crippen LogP contribution in [0.3, 0.4) is 0 Å². The summed E-state index contributed by atoms with van der Waals surface area (Å²) < 4.78 is 0. The van der Waals surface area contributed by atoms with Crippen molar-refractivity contribution in [1.82, 2.24) is 5.32 Å². The maximum Gasteiger partial charge on any atom is 0.0176 e. The summed E-state index contributed by atoms with van der Waals surface area (Å²) in [5.41, 5.74) is 0.352. The lowest BCUT2D eigenvalue weighted by molar-refractivity contribution is 0.241. The Kier molecular flexibility index (Phi) is 5.56. The SMILES string of the molecule is CCCNC(C)(CCC)C(C)C. The molecule has 0 saturated carbocycles. The molecule has 0 amide bonds. The Bertz CT molecular complexity index is 110. The molecule has 0 rings (SSSR count). The topological polar surface area (TPSA) is 12.0 Å². The van der Waals surface area contributed by atoms with Gasteiger partial charge in [-0.2, -0.15) is 0 Å². The fraction of sp³-hybridized carbons (Fsp3) is 1.00. The van der Waals surface area contributed by atoms with Gasteiger partial charge in [-0.25, -0.2) is 0 Å². The largest absolute Gasteiger partial charge is 0.311 e. The first-order chi connectivity index (χ1) is 5.56. The van der Waals surface area contributed by atoms with Crippen LogP contribution < -0.4 is 5.32 Å². The van der Waals surface area contributed by atoms with Gasteiger partial charge in [0.05, 0.1) is 0 Å². The molecule has 0 spiro atoms. The van der Waals surface area contributed by atoms with Crippen LogP contribution in [0.15, 0.2) is 0 Å². The second-order valence-electron chi connectivity index (χ2n) is 4.25. The average Bonchev–Trinajstić information content (AvgIpc) is 2.01. The Hall–Kier alpha value is -0.0400. The van der Waals surface area contributed by atoms with Gasteiger partial charge in [-0.15, -0.1) is 0 Å². The minimum absolute atomic E-state index is 0.352. The van der Waals surface area contributed by atoms with E-state index >= 15 is 0 Å². The Labute approximate surface area is 77.9 Å². The first-order valence-electron chi connectivity index (χ1n) is 5.31. The zero-order chi connectivity index (χ0) is 9.61. The van der Waals surface area contributed by atoms with E-state index in [4.69, 9.17) is 0 Å². The first-order valence-corrected chi connectivity index (χ1v) is 5.31. The maximum absolute atomic E-state index is 3.65. The summed E-state index contributed by atoms with van der Waals surface area (Å²) in [6.07, 6.45) is 3.78. The van der Waals surface area contributed by atoms with E-state index < -0.39 is 0 Å². The highest BCUT2D eigenvalue weighted by atomic mass is 15.0. The normalized spacial score (nSPS) is 16.5. The molecule has 0 aliphatic rings. The highest BCUT2D eigenvalue weighted by Gasteiger charge is 2.25. The summed E-state index contributed by atoms with van der Waals surface area (Å²) in [7, 11) is 0. The number of rotatable bonds is 6. The molecule has 0 aromatic heterocycles. The molecule has 0 radical (unpaired) electrons. The third kappa shape index (κ3) is 3.57. The van der Waals surface area contributed by atoms with Crippen molar-refractivity contribution >= 4 is 0 Å². The first kappa shape index (κ1) is 12.0. The molecule has 0 fully saturated rings. The van der Waals surface area contributed by atoms with Crippen LogP contribution in [0.1, 0.15) is 53.9 Å². The third-order valence-electron chi connectivity index (χ3n) is 2.82. The molecule has 0 aromatic rings. The summed E-state index contributed by atoms with van der Waals surface area (Å²) >= 11 is 0. The lowest BCUT2D eigenvalue weighted by atomic mass is 9.84. The van der Waals surface area contributed by atoms with Gasteiger partial charge in [0.1, 0.15) is 0 Å². The van der Waals surface area contributed by atoms with Crippen molar-refractivity contribution in [2.45, 2.75) is 59.4 Å². The highest BCUT2D eigenvalue weighted by Crippen LogP contribution is 2.21. The fourth-order valence-electron chi connectivity index (χ4n) is 1.51. The van der Waals surface area contributed by atoms with Crippen LogP contribution in [0, 0.1) is 5.92 Å². The van der Waals surface area contributed by atoms with E-state index in [0.29, 0.717) is 5.54 Å². The summed E-state index contributed by atoms with van der Waals surface area (Å²) in [6, 6.07) is 0. The van der Waals surface area contributed by atoms with E-state index in [1.165, 1.54) is 19.3 Å². The van der Waals surface area contributed by atoms with E-state index in [9.17, 15) is 0 Å². The van der Waals surface area contributed by atoms with E-state index in [1.54, 1.807) is 0 Å². The third-order valence-corrected chi connectivity index (χ3v) is 2.82. The van der Waals surface area contributed by atoms with Crippen molar-refractivity contribution < 1.29 is 0 Å². The van der Waals surface area contributed by atoms with Gasteiger partial charge in [0.25, 0.3) is 0 Å². The Morgan fingerprint density at radius 3 is 2.08 bits per heavy atom. The molecule has 0 aliphatic carbocycles. The van der Waals surface area contributed by atoms with Crippen molar-refractivity contribution in [3.8, 4) is 0 Å². The number of hydrogen-bond donors (Lipinski definition) is 1. The smallest absolute Gasteiger partial charge is 0.0176 e. The monoisotopic (exact) mass is 171 g/mol. The van der Waals surface area contributed by atoms with Gasteiger partial charge in [0.15, 0.2) is 0 Å². The molecule has 1 N–H and O–H groups in total. The van der Waals surface area contributed by atoms with Crippen molar-refractivity contribution in [3.63, 3.8) is 0 Å². The minimum Gasteiger partial charge on any atom is -0.311 e. The lowest BCUT2D eigenvalue weighted by Gasteiger charge is -2.35. The van der Waals surface area contributed by atoms with Crippen molar-refractivity contribution in [2.24, 2.45) is 5.92 Å². The molecule has 0 aliphatic heterocycles. The van der Waals surface area contributed by atoms with Gasteiger partial charge in [0, 0.05) is 5.54 Å². The van der Waals surface area contributed by atoms with Gasteiger partial charge in [-0.3, -0.25) is 0 Å². The van der Waals surface area contributed by atoms with Gasteiger partial charge in [-0.05, 0) is 32.2 Å². The molecule has 1 unspecified atom stereocenters. The molecule has 0 saturated heterocycles. The van der Waals surface area contributed by atoms with Crippen LogP contribution in [0.4, 0.5) is 0 Å². The Morgan fingerprint density at radius 1 is 1.17 bits per heavy atom. The lowest BCUT2D eigenvalue weighted by Crippen LogP contribution is -2.47. The van der Waals surface area contributed by atoms with Crippen LogP contribution in [0.2, 0.25) is 0 Å². The molecule has 0 aromatic carbocycles. The van der Waals surface area contributed by atoms with Crippen LogP contribution in [0.5, 0.6) is 0 Å². The predicted octanol–water partition coefficient (Wildman–Crippen LogP) is 3.20. The highest BCUT2D eigenvalue weighted by molar-refractivity contribution is 4.85. The summed E-state index contributed by atoms with van der Waals surface area (Å²) in [6.45, 7) is 12.6. The Balaban J connectivity index is 3.99. The average molecular weight is 171 g/mol. The number of hydrogen-bond acceptors (Lipinski definition) is 1. The molecule has 1 heteroatoms. The van der Waals surface area contributed by atoms with Crippen molar-refractivity contribution in [1.29, 1.82) is 0 Å². The van der Waals surface area contributed by atoms with E-state index in [1.807, 2.05) is 0 Å². The zero-order valence-electron chi connectivity index (χ0n) is 9.41. The van der Waals surface area contributed by atoms with Crippen molar-refractivity contribution in [3.05, 3.63) is 0 Å². The maximum atomic E-state index is 3.65. The van der Waals surface area contributed by atoms with Crippen LogP contribution in [0.25, 0.3) is 0 Å². The summed E-state index contributed by atoms with van der Waals surface area (Å²) in [4.78, 5) is 0. The van der Waals surface area contributed by atoms with Gasteiger partial charge < -0.3 is 5.32 Å². The van der Waals surface area contributed by atoms with Gasteiger partial charge in [0.2, 0.25) is 0 Å². The van der Waals surface area contributed by atoms with Gasteiger partial charge >= 0.3 is 0 Å². The second-order valence-corrected chi connectivity index (χ2v) is 4.25. The molecule has 1 atom stereocenters. The minimum atomic E-state index is 0.352. The fourth-order valence-corrected chi connectivity index (χ4v) is 1.51. The molecule has 0 heterocycles. The van der Waals surface area contributed by atoms with E-state index in [0.717, 1.165) is 12.5 Å². The molecular formula is C11H25N. The Morgan fingerprint density at radius 2 is 1.75 bits per heavy atom. The predicted molar refractivity (Wildman–Crippen MR) is 56.4 cm³/mol. The van der Waals surface area contributed by atoms with Crippen LogP contribution in [-0.4, -0.2) is 12.1 Å². The molecule has 0 bridgehead atoms. The molecular weight excluding hydrogens is 146 g/mol.